The maximum absolute atomic E-state index is 6.47. The second kappa shape index (κ2) is 10.4. The highest BCUT2D eigenvalue weighted by atomic mass is 16.3. The molecule has 0 fully saturated rings. The van der Waals surface area contributed by atoms with Crippen molar-refractivity contribution in [2.45, 2.75) is 47.5 Å². The monoisotopic (exact) mass is 454 g/mol. The van der Waals surface area contributed by atoms with Gasteiger partial charge in [-0.3, -0.25) is 0 Å². The molecule has 0 amide bonds. The molecule has 0 aliphatic heterocycles. The summed E-state index contributed by atoms with van der Waals surface area (Å²) in [7, 11) is 0. The van der Waals surface area contributed by atoms with Crippen LogP contribution < -0.4 is 9.80 Å². The Morgan fingerprint density at radius 2 is 1.15 bits per heavy atom. The van der Waals surface area contributed by atoms with E-state index in [9.17, 15) is 0 Å². The molecule has 1 heterocycles. The van der Waals surface area contributed by atoms with E-state index in [1.807, 2.05) is 6.07 Å². The molecule has 3 heteroatoms. The molecule has 3 nitrogen and oxygen atoms in total. The molecule has 0 saturated carbocycles. The van der Waals surface area contributed by atoms with Crippen molar-refractivity contribution < 1.29 is 4.42 Å². The molecule has 0 aliphatic carbocycles. The minimum Gasteiger partial charge on any atom is -0.460 e. The first kappa shape index (κ1) is 23.9. The lowest BCUT2D eigenvalue weighted by Gasteiger charge is -2.26. The molecule has 3 aromatic carbocycles. The average molecular weight is 455 g/mol. The van der Waals surface area contributed by atoms with E-state index < -0.39 is 0 Å². The second-order valence-corrected chi connectivity index (χ2v) is 9.05. The predicted molar refractivity (Wildman–Crippen MR) is 147 cm³/mol. The van der Waals surface area contributed by atoms with Gasteiger partial charge in [0.05, 0.1) is 5.92 Å². The number of nitrogens with zero attached hydrogens (tertiary/aromatic N) is 2. The van der Waals surface area contributed by atoms with Crippen LogP contribution in [0.5, 0.6) is 0 Å². The van der Waals surface area contributed by atoms with Crippen molar-refractivity contribution >= 4 is 22.3 Å². The number of hydrogen-bond donors (Lipinski definition) is 0. The number of para-hydroxylation sites is 1. The van der Waals surface area contributed by atoms with E-state index in [-0.39, 0.29) is 5.92 Å². The Kier molecular flexibility index (Phi) is 7.31. The normalized spacial score (nSPS) is 11.4. The van der Waals surface area contributed by atoms with Gasteiger partial charge in [-0.2, -0.15) is 0 Å². The third kappa shape index (κ3) is 4.57. The maximum atomic E-state index is 6.47. The fraction of sp³-hybridized carbons (Fsp3) is 0.355. The molecule has 0 spiro atoms. The molecule has 178 valence electrons. The lowest BCUT2D eigenvalue weighted by molar-refractivity contribution is 0.540. The molecule has 0 unspecified atom stereocenters. The standard InChI is InChI=1S/C31H38N2O/c1-7-32(8-2)25-15-17-27(22(5)19-25)31(30-21-24-13-11-12-14-29(24)34-30)28-18-16-26(20-23(28)6)33(9-3)10-4/h11-21,31H,7-10H2,1-6H3. The quantitative estimate of drug-likeness (QED) is 0.256. The van der Waals surface area contributed by atoms with E-state index in [2.05, 4.69) is 112 Å². The van der Waals surface area contributed by atoms with Crippen LogP contribution in [0.4, 0.5) is 11.4 Å². The first-order chi connectivity index (χ1) is 16.5. The van der Waals surface area contributed by atoms with Crippen molar-refractivity contribution in [2.24, 2.45) is 0 Å². The first-order valence-electron chi connectivity index (χ1n) is 12.7. The molecule has 4 rings (SSSR count). The van der Waals surface area contributed by atoms with E-state index >= 15 is 0 Å². The summed E-state index contributed by atoms with van der Waals surface area (Å²) in [4.78, 5) is 4.80. The van der Waals surface area contributed by atoms with Gasteiger partial charge in [0, 0.05) is 42.9 Å². The zero-order valence-corrected chi connectivity index (χ0v) is 21.6. The van der Waals surface area contributed by atoms with Gasteiger partial charge in [-0.25, -0.2) is 0 Å². The smallest absolute Gasteiger partial charge is 0.134 e. The van der Waals surface area contributed by atoms with Crippen molar-refractivity contribution in [2.75, 3.05) is 36.0 Å². The fourth-order valence-corrected chi connectivity index (χ4v) is 5.16. The molecule has 0 aliphatic rings. The summed E-state index contributed by atoms with van der Waals surface area (Å²) in [6.45, 7) is 17.4. The fourth-order valence-electron chi connectivity index (χ4n) is 5.16. The third-order valence-electron chi connectivity index (χ3n) is 7.12. The molecule has 1 aromatic heterocycles. The lowest BCUT2D eigenvalue weighted by Crippen LogP contribution is -2.22. The number of fused-ring (bicyclic) bond motifs is 1. The van der Waals surface area contributed by atoms with Crippen LogP contribution in [0.25, 0.3) is 11.0 Å². The van der Waals surface area contributed by atoms with Crippen molar-refractivity contribution in [3.63, 3.8) is 0 Å². The van der Waals surface area contributed by atoms with E-state index in [0.717, 1.165) is 42.9 Å². The largest absolute Gasteiger partial charge is 0.460 e. The molecule has 0 atom stereocenters. The van der Waals surface area contributed by atoms with Crippen LogP contribution in [-0.2, 0) is 0 Å². The van der Waals surface area contributed by atoms with E-state index in [1.54, 1.807) is 0 Å². The molecule has 34 heavy (non-hydrogen) atoms. The number of furan rings is 1. The minimum atomic E-state index is 0.0453. The number of anilines is 2. The molecular weight excluding hydrogens is 416 g/mol. The maximum Gasteiger partial charge on any atom is 0.134 e. The Balaban J connectivity index is 1.87. The Bertz CT molecular complexity index is 1150. The summed E-state index contributed by atoms with van der Waals surface area (Å²) in [6, 6.07) is 24.3. The van der Waals surface area contributed by atoms with Gasteiger partial charge in [0.15, 0.2) is 0 Å². The average Bonchev–Trinajstić information content (AvgIpc) is 3.27. The van der Waals surface area contributed by atoms with Crippen molar-refractivity contribution in [1.29, 1.82) is 0 Å². The molecule has 0 N–H and O–H groups in total. The summed E-state index contributed by atoms with van der Waals surface area (Å²) in [5, 5.41) is 1.15. The van der Waals surface area contributed by atoms with Crippen LogP contribution in [0.15, 0.2) is 71.1 Å². The predicted octanol–water partition coefficient (Wildman–Crippen LogP) is 7.92. The lowest BCUT2D eigenvalue weighted by atomic mass is 9.84. The highest BCUT2D eigenvalue weighted by molar-refractivity contribution is 5.78. The Labute approximate surface area is 205 Å². The number of hydrogen-bond acceptors (Lipinski definition) is 3. The minimum absolute atomic E-state index is 0.0453. The molecule has 0 saturated heterocycles. The highest BCUT2D eigenvalue weighted by Crippen LogP contribution is 2.40. The van der Waals surface area contributed by atoms with Crippen LogP contribution in [0, 0.1) is 13.8 Å². The van der Waals surface area contributed by atoms with E-state index in [4.69, 9.17) is 4.42 Å². The van der Waals surface area contributed by atoms with Gasteiger partial charge in [0.1, 0.15) is 11.3 Å². The Morgan fingerprint density at radius 3 is 1.59 bits per heavy atom. The summed E-state index contributed by atoms with van der Waals surface area (Å²) in [6.07, 6.45) is 0. The summed E-state index contributed by atoms with van der Waals surface area (Å²) < 4.78 is 6.47. The van der Waals surface area contributed by atoms with Gasteiger partial charge in [0.25, 0.3) is 0 Å². The van der Waals surface area contributed by atoms with Crippen LogP contribution >= 0.6 is 0 Å². The third-order valence-corrected chi connectivity index (χ3v) is 7.12. The van der Waals surface area contributed by atoms with Crippen molar-refractivity contribution in [3.05, 3.63) is 94.7 Å². The summed E-state index contributed by atoms with van der Waals surface area (Å²) in [5.41, 5.74) is 8.69. The van der Waals surface area contributed by atoms with Gasteiger partial charge in [-0.1, -0.05) is 30.3 Å². The molecule has 0 bridgehead atoms. The van der Waals surface area contributed by atoms with Crippen molar-refractivity contribution in [3.8, 4) is 0 Å². The number of rotatable bonds is 9. The van der Waals surface area contributed by atoms with Gasteiger partial charge in [0.2, 0.25) is 0 Å². The molecule has 4 aromatic rings. The van der Waals surface area contributed by atoms with E-state index in [0.29, 0.717) is 0 Å². The summed E-state index contributed by atoms with van der Waals surface area (Å²) in [5.74, 6) is 1.04. The van der Waals surface area contributed by atoms with Gasteiger partial charge in [-0.05, 0) is 100 Å². The Hall–Kier alpha value is -3.20. The first-order valence-corrected chi connectivity index (χ1v) is 12.7. The van der Waals surface area contributed by atoms with Crippen LogP contribution in [0.3, 0.4) is 0 Å². The topological polar surface area (TPSA) is 19.6 Å². The van der Waals surface area contributed by atoms with Crippen LogP contribution in [0.2, 0.25) is 0 Å². The number of aryl methyl sites for hydroxylation is 2. The highest BCUT2D eigenvalue weighted by Gasteiger charge is 2.25. The van der Waals surface area contributed by atoms with Gasteiger partial charge in [-0.15, -0.1) is 0 Å². The van der Waals surface area contributed by atoms with Gasteiger partial charge >= 0.3 is 0 Å². The zero-order chi connectivity index (χ0) is 24.2. The summed E-state index contributed by atoms with van der Waals surface area (Å²) >= 11 is 0. The van der Waals surface area contributed by atoms with E-state index in [1.165, 1.54) is 33.6 Å². The molecular formula is C31H38N2O. The SMILES string of the molecule is CCN(CC)c1ccc(C(c2cc3ccccc3o2)c2ccc(N(CC)CC)cc2C)c(C)c1. The van der Waals surface area contributed by atoms with Gasteiger partial charge < -0.3 is 14.2 Å². The van der Waals surface area contributed by atoms with Crippen molar-refractivity contribution in [1.82, 2.24) is 0 Å². The zero-order valence-electron chi connectivity index (χ0n) is 21.6. The Morgan fingerprint density at radius 1 is 0.647 bits per heavy atom. The number of benzene rings is 3. The van der Waals surface area contributed by atoms with Crippen LogP contribution in [-0.4, -0.2) is 26.2 Å². The van der Waals surface area contributed by atoms with Crippen LogP contribution in [0.1, 0.15) is 61.6 Å². The second-order valence-electron chi connectivity index (χ2n) is 9.05. The molecule has 0 radical (unpaired) electrons.